The number of nitrogens with zero attached hydrogens (tertiary/aromatic N) is 1. The van der Waals surface area contributed by atoms with E-state index in [4.69, 9.17) is 15.2 Å². The summed E-state index contributed by atoms with van der Waals surface area (Å²) in [4.78, 5) is 2.28. The summed E-state index contributed by atoms with van der Waals surface area (Å²) in [6, 6.07) is 6.43. The number of nitrogens with two attached hydrogens (primary N) is 1. The third-order valence-corrected chi connectivity index (χ3v) is 3.50. The maximum Gasteiger partial charge on any atom is 0.127 e. The monoisotopic (exact) mass is 298 g/mol. The van der Waals surface area contributed by atoms with Crippen LogP contribution in [-0.2, 0) is 9.47 Å². The molecule has 0 aliphatic rings. The van der Waals surface area contributed by atoms with Gasteiger partial charge in [0.25, 0.3) is 0 Å². The van der Waals surface area contributed by atoms with Crippen LogP contribution in [0.4, 0.5) is 4.39 Å². The molecule has 0 aliphatic heterocycles. The SMILES string of the molecule is COCCCN(CCOC)CCC(N)c1ccccc1F. The van der Waals surface area contributed by atoms with E-state index in [0.717, 1.165) is 39.1 Å². The van der Waals surface area contributed by atoms with E-state index < -0.39 is 0 Å². The van der Waals surface area contributed by atoms with Crippen molar-refractivity contribution < 1.29 is 13.9 Å². The van der Waals surface area contributed by atoms with Gasteiger partial charge in [-0.2, -0.15) is 0 Å². The lowest BCUT2D eigenvalue weighted by Gasteiger charge is -2.23. The lowest BCUT2D eigenvalue weighted by molar-refractivity contribution is 0.131. The molecule has 0 fully saturated rings. The summed E-state index contributed by atoms with van der Waals surface area (Å²) in [6.07, 6.45) is 1.69. The average Bonchev–Trinajstić information content (AvgIpc) is 2.49. The van der Waals surface area contributed by atoms with Crippen molar-refractivity contribution in [2.45, 2.75) is 18.9 Å². The van der Waals surface area contributed by atoms with Crippen molar-refractivity contribution in [3.8, 4) is 0 Å². The van der Waals surface area contributed by atoms with Gasteiger partial charge < -0.3 is 20.1 Å². The lowest BCUT2D eigenvalue weighted by atomic mass is 10.0. The molecule has 1 unspecified atom stereocenters. The van der Waals surface area contributed by atoms with Crippen molar-refractivity contribution in [3.05, 3.63) is 35.6 Å². The second-order valence-corrected chi connectivity index (χ2v) is 5.10. The summed E-state index contributed by atoms with van der Waals surface area (Å²) in [7, 11) is 3.39. The van der Waals surface area contributed by atoms with E-state index >= 15 is 0 Å². The molecule has 0 saturated heterocycles. The summed E-state index contributed by atoms with van der Waals surface area (Å²) in [6.45, 7) is 4.03. The molecule has 2 N–H and O–H groups in total. The van der Waals surface area contributed by atoms with E-state index in [-0.39, 0.29) is 11.9 Å². The highest BCUT2D eigenvalue weighted by Gasteiger charge is 2.13. The maximum atomic E-state index is 13.7. The van der Waals surface area contributed by atoms with Gasteiger partial charge in [0.15, 0.2) is 0 Å². The smallest absolute Gasteiger partial charge is 0.127 e. The van der Waals surface area contributed by atoms with Gasteiger partial charge in [-0.05, 0) is 18.9 Å². The van der Waals surface area contributed by atoms with Crippen LogP contribution >= 0.6 is 0 Å². The fourth-order valence-electron chi connectivity index (χ4n) is 2.24. The quantitative estimate of drug-likeness (QED) is 0.636. The van der Waals surface area contributed by atoms with Gasteiger partial charge in [0.1, 0.15) is 5.82 Å². The Balaban J connectivity index is 2.45. The number of hydrogen-bond donors (Lipinski definition) is 1. The van der Waals surface area contributed by atoms with Crippen molar-refractivity contribution >= 4 is 0 Å². The molecule has 1 atom stereocenters. The third-order valence-electron chi connectivity index (χ3n) is 3.50. The first kappa shape index (κ1) is 18.0. The molecule has 0 bridgehead atoms. The highest BCUT2D eigenvalue weighted by Crippen LogP contribution is 2.17. The number of ether oxygens (including phenoxy) is 2. The van der Waals surface area contributed by atoms with E-state index in [1.165, 1.54) is 6.07 Å². The number of methoxy groups -OCH3 is 2. The van der Waals surface area contributed by atoms with Gasteiger partial charge in [0, 0.05) is 52.1 Å². The zero-order chi connectivity index (χ0) is 15.5. The molecule has 1 rings (SSSR count). The van der Waals surface area contributed by atoms with E-state index in [0.29, 0.717) is 12.2 Å². The summed E-state index contributed by atoms with van der Waals surface area (Å²) in [5.41, 5.74) is 6.69. The summed E-state index contributed by atoms with van der Waals surface area (Å²) >= 11 is 0. The standard InChI is InChI=1S/C16H27FN2O2/c1-20-12-5-9-19(11-13-21-2)10-8-16(18)14-6-3-4-7-15(14)17/h3-4,6-7,16H,5,8-13,18H2,1-2H3. The van der Waals surface area contributed by atoms with Crippen LogP contribution in [0.3, 0.4) is 0 Å². The van der Waals surface area contributed by atoms with Crippen molar-refractivity contribution in [1.29, 1.82) is 0 Å². The van der Waals surface area contributed by atoms with Gasteiger partial charge in [-0.25, -0.2) is 4.39 Å². The van der Waals surface area contributed by atoms with E-state index in [1.54, 1.807) is 26.4 Å². The molecule has 21 heavy (non-hydrogen) atoms. The van der Waals surface area contributed by atoms with Crippen LogP contribution in [0, 0.1) is 5.82 Å². The highest BCUT2D eigenvalue weighted by atomic mass is 19.1. The predicted octanol–water partition coefficient (Wildman–Crippen LogP) is 2.20. The Bertz CT molecular complexity index is 390. The Kier molecular flexibility index (Phi) is 9.17. The number of halogens is 1. The Morgan fingerprint density at radius 2 is 1.81 bits per heavy atom. The molecular formula is C16H27FN2O2. The molecule has 0 aliphatic carbocycles. The first-order chi connectivity index (χ1) is 10.2. The van der Waals surface area contributed by atoms with Gasteiger partial charge >= 0.3 is 0 Å². The maximum absolute atomic E-state index is 13.7. The van der Waals surface area contributed by atoms with E-state index in [9.17, 15) is 4.39 Å². The van der Waals surface area contributed by atoms with Crippen LogP contribution in [0.2, 0.25) is 0 Å². The van der Waals surface area contributed by atoms with Crippen molar-refractivity contribution in [2.75, 3.05) is 47.1 Å². The molecule has 1 aromatic rings. The topological polar surface area (TPSA) is 47.7 Å². The minimum atomic E-state index is -0.279. The van der Waals surface area contributed by atoms with Gasteiger partial charge in [0.05, 0.1) is 6.61 Å². The van der Waals surface area contributed by atoms with Crippen molar-refractivity contribution in [2.24, 2.45) is 5.73 Å². The van der Waals surface area contributed by atoms with Crippen LogP contribution in [0.25, 0.3) is 0 Å². The van der Waals surface area contributed by atoms with Crippen LogP contribution < -0.4 is 5.73 Å². The summed E-state index contributed by atoms with van der Waals surface area (Å²) in [5, 5.41) is 0. The van der Waals surface area contributed by atoms with Gasteiger partial charge in [0.2, 0.25) is 0 Å². The molecule has 0 heterocycles. The van der Waals surface area contributed by atoms with E-state index in [2.05, 4.69) is 4.90 Å². The summed E-state index contributed by atoms with van der Waals surface area (Å²) < 4.78 is 23.9. The third kappa shape index (κ3) is 7.00. The molecule has 4 nitrogen and oxygen atoms in total. The molecule has 1 aromatic carbocycles. The van der Waals surface area contributed by atoms with E-state index in [1.807, 2.05) is 6.07 Å². The molecule has 120 valence electrons. The molecular weight excluding hydrogens is 271 g/mol. The normalized spacial score (nSPS) is 12.8. The zero-order valence-electron chi connectivity index (χ0n) is 13.1. The average molecular weight is 298 g/mol. The lowest BCUT2D eigenvalue weighted by Crippen LogP contribution is -2.32. The molecule has 0 radical (unpaired) electrons. The molecule has 0 spiro atoms. The minimum absolute atomic E-state index is 0.229. The first-order valence-electron chi connectivity index (χ1n) is 7.39. The minimum Gasteiger partial charge on any atom is -0.385 e. The highest BCUT2D eigenvalue weighted by molar-refractivity contribution is 5.20. The Morgan fingerprint density at radius 1 is 1.10 bits per heavy atom. The molecule has 0 amide bonds. The Morgan fingerprint density at radius 3 is 2.48 bits per heavy atom. The molecule has 0 saturated carbocycles. The second kappa shape index (κ2) is 10.7. The van der Waals surface area contributed by atoms with Crippen molar-refractivity contribution in [3.63, 3.8) is 0 Å². The van der Waals surface area contributed by atoms with Gasteiger partial charge in [-0.15, -0.1) is 0 Å². The second-order valence-electron chi connectivity index (χ2n) is 5.10. The molecule has 5 heteroatoms. The number of rotatable bonds is 11. The molecule has 0 aromatic heterocycles. The fraction of sp³-hybridized carbons (Fsp3) is 0.625. The predicted molar refractivity (Wildman–Crippen MR) is 82.8 cm³/mol. The van der Waals surface area contributed by atoms with Gasteiger partial charge in [-0.1, -0.05) is 18.2 Å². The number of benzene rings is 1. The largest absolute Gasteiger partial charge is 0.385 e. The van der Waals surface area contributed by atoms with Crippen LogP contribution in [0.1, 0.15) is 24.4 Å². The van der Waals surface area contributed by atoms with Crippen LogP contribution in [0.15, 0.2) is 24.3 Å². The fourth-order valence-corrected chi connectivity index (χ4v) is 2.24. The number of hydrogen-bond acceptors (Lipinski definition) is 4. The first-order valence-corrected chi connectivity index (χ1v) is 7.39. The van der Waals surface area contributed by atoms with Crippen LogP contribution in [0.5, 0.6) is 0 Å². The van der Waals surface area contributed by atoms with Gasteiger partial charge in [-0.3, -0.25) is 0 Å². The van der Waals surface area contributed by atoms with Crippen molar-refractivity contribution in [1.82, 2.24) is 4.90 Å². The Labute approximate surface area is 127 Å². The summed E-state index contributed by atoms with van der Waals surface area (Å²) in [5.74, 6) is -0.229. The zero-order valence-corrected chi connectivity index (χ0v) is 13.1. The van der Waals surface area contributed by atoms with Crippen LogP contribution in [-0.4, -0.2) is 52.0 Å². The Hall–Kier alpha value is -1.01.